The van der Waals surface area contributed by atoms with E-state index in [0.29, 0.717) is 19.4 Å². The molecule has 0 radical (unpaired) electrons. The van der Waals surface area contributed by atoms with Gasteiger partial charge in [0.2, 0.25) is 0 Å². The van der Waals surface area contributed by atoms with Gasteiger partial charge in [-0.05, 0) is 18.9 Å². The summed E-state index contributed by atoms with van der Waals surface area (Å²) in [6.45, 7) is 0.435. The van der Waals surface area contributed by atoms with E-state index in [1.807, 2.05) is 0 Å². The Morgan fingerprint density at radius 3 is 2.88 bits per heavy atom. The van der Waals surface area contributed by atoms with E-state index < -0.39 is 12.0 Å². The molecule has 0 spiro atoms. The smallest absolute Gasteiger partial charge is 0.330 e. The van der Waals surface area contributed by atoms with Crippen molar-refractivity contribution < 1.29 is 13.9 Å². The Morgan fingerprint density at radius 1 is 1.53 bits per heavy atom. The van der Waals surface area contributed by atoms with E-state index in [2.05, 4.69) is 4.99 Å². The quantitative estimate of drug-likeness (QED) is 0.267. The predicted molar refractivity (Wildman–Crippen MR) is 62.2 cm³/mol. The first-order valence-electron chi connectivity index (χ1n) is 5.15. The highest BCUT2D eigenvalue weighted by Gasteiger charge is 2.16. The summed E-state index contributed by atoms with van der Waals surface area (Å²) in [5, 5.41) is 0. The topological polar surface area (TPSA) is 130 Å². The number of carbonyl (C=O) groups is 1. The molecule has 6 N–H and O–H groups in total. The number of hydrogen-bond donors (Lipinski definition) is 3. The molecular formula is C10H16N4O3. The molecule has 0 unspecified atom stereocenters. The minimum absolute atomic E-state index is 0.0248. The van der Waals surface area contributed by atoms with E-state index in [-0.39, 0.29) is 11.9 Å². The minimum Gasteiger partial charge on any atom is -0.434 e. The van der Waals surface area contributed by atoms with Gasteiger partial charge in [0.05, 0.1) is 6.26 Å². The average Bonchev–Trinajstić information content (AvgIpc) is 2.76. The van der Waals surface area contributed by atoms with Crippen molar-refractivity contribution in [1.29, 1.82) is 0 Å². The maximum Gasteiger partial charge on any atom is 0.330 e. The fourth-order valence-electron chi connectivity index (χ4n) is 1.13. The summed E-state index contributed by atoms with van der Waals surface area (Å²) in [6, 6.07) is 2.44. The van der Waals surface area contributed by atoms with Gasteiger partial charge in [0.1, 0.15) is 6.04 Å². The highest BCUT2D eigenvalue weighted by Crippen LogP contribution is 2.11. The van der Waals surface area contributed by atoms with Gasteiger partial charge in [-0.25, -0.2) is 4.79 Å². The summed E-state index contributed by atoms with van der Waals surface area (Å²) in [5.74, 6) is -0.379. The molecule has 0 aliphatic heterocycles. The standard InChI is InChI=1S/C10H16N4O3/c11-7(3-1-5-14-10(12)13)9(15)17-8-4-2-6-16-8/h2,4,6-7H,1,3,5,11H2,(H4,12,13,14)/t7-/m0/s1. The second-order valence-corrected chi connectivity index (χ2v) is 3.41. The molecule has 0 saturated heterocycles. The molecule has 17 heavy (non-hydrogen) atoms. The van der Waals surface area contributed by atoms with Gasteiger partial charge in [0, 0.05) is 12.6 Å². The Kier molecular flexibility index (Phi) is 5.02. The van der Waals surface area contributed by atoms with E-state index >= 15 is 0 Å². The van der Waals surface area contributed by atoms with Crippen LogP contribution >= 0.6 is 0 Å². The molecule has 0 aliphatic carbocycles. The molecule has 0 bridgehead atoms. The van der Waals surface area contributed by atoms with Crippen LogP contribution in [0.3, 0.4) is 0 Å². The zero-order chi connectivity index (χ0) is 12.7. The molecule has 0 saturated carbocycles. The van der Waals surface area contributed by atoms with Crippen LogP contribution in [0.4, 0.5) is 0 Å². The van der Waals surface area contributed by atoms with Crippen LogP contribution in [-0.2, 0) is 4.79 Å². The third-order valence-electron chi connectivity index (χ3n) is 1.97. The lowest BCUT2D eigenvalue weighted by Gasteiger charge is -2.08. The number of ether oxygens (including phenoxy) is 1. The third-order valence-corrected chi connectivity index (χ3v) is 1.97. The molecule has 7 nitrogen and oxygen atoms in total. The van der Waals surface area contributed by atoms with Crippen molar-refractivity contribution in [1.82, 2.24) is 0 Å². The number of carbonyl (C=O) groups excluding carboxylic acids is 1. The Morgan fingerprint density at radius 2 is 2.29 bits per heavy atom. The van der Waals surface area contributed by atoms with Gasteiger partial charge in [-0.1, -0.05) is 0 Å². The van der Waals surface area contributed by atoms with Crippen LogP contribution < -0.4 is 21.9 Å². The van der Waals surface area contributed by atoms with Gasteiger partial charge < -0.3 is 26.4 Å². The molecule has 1 rings (SSSR count). The number of hydrogen-bond acceptors (Lipinski definition) is 5. The van der Waals surface area contributed by atoms with Crippen LogP contribution in [0.15, 0.2) is 27.8 Å². The van der Waals surface area contributed by atoms with Crippen LogP contribution in [0.5, 0.6) is 5.95 Å². The Bertz CT molecular complexity index is 371. The third kappa shape index (κ3) is 5.03. The van der Waals surface area contributed by atoms with Crippen LogP contribution in [0.2, 0.25) is 0 Å². The molecule has 94 valence electrons. The number of nitrogens with zero attached hydrogens (tertiary/aromatic N) is 1. The molecule has 0 aliphatic rings. The zero-order valence-electron chi connectivity index (χ0n) is 9.33. The first-order valence-corrected chi connectivity index (χ1v) is 5.15. The van der Waals surface area contributed by atoms with E-state index in [1.54, 1.807) is 6.07 Å². The number of rotatable bonds is 6. The van der Waals surface area contributed by atoms with E-state index in [9.17, 15) is 4.79 Å². The van der Waals surface area contributed by atoms with Gasteiger partial charge in [-0.2, -0.15) is 0 Å². The van der Waals surface area contributed by atoms with Gasteiger partial charge in [-0.3, -0.25) is 4.99 Å². The van der Waals surface area contributed by atoms with Gasteiger partial charge in [0.15, 0.2) is 5.96 Å². The monoisotopic (exact) mass is 240 g/mol. The van der Waals surface area contributed by atoms with Crippen LogP contribution in [-0.4, -0.2) is 24.5 Å². The van der Waals surface area contributed by atoms with Crippen LogP contribution in [0, 0.1) is 0 Å². The summed E-state index contributed by atoms with van der Waals surface area (Å²) in [7, 11) is 0. The molecule has 0 fully saturated rings. The first kappa shape index (κ1) is 13.0. The molecular weight excluding hydrogens is 224 g/mol. The van der Waals surface area contributed by atoms with Crippen molar-refractivity contribution in [3.05, 3.63) is 18.4 Å². The number of nitrogens with two attached hydrogens (primary N) is 3. The largest absolute Gasteiger partial charge is 0.434 e. The first-order chi connectivity index (χ1) is 8.09. The molecule has 1 aromatic rings. The van der Waals surface area contributed by atoms with E-state index in [4.69, 9.17) is 26.4 Å². The number of aliphatic imine (C=N–C) groups is 1. The Balaban J connectivity index is 2.25. The van der Waals surface area contributed by atoms with Crippen molar-refractivity contribution in [2.45, 2.75) is 18.9 Å². The van der Waals surface area contributed by atoms with E-state index in [0.717, 1.165) is 0 Å². The number of esters is 1. The van der Waals surface area contributed by atoms with Gasteiger partial charge in [0.25, 0.3) is 5.95 Å². The summed E-state index contributed by atoms with van der Waals surface area (Å²) in [5.41, 5.74) is 15.9. The summed E-state index contributed by atoms with van der Waals surface area (Å²) < 4.78 is 9.74. The van der Waals surface area contributed by atoms with Gasteiger partial charge in [-0.15, -0.1) is 0 Å². The lowest BCUT2D eigenvalue weighted by atomic mass is 10.2. The average molecular weight is 240 g/mol. The molecule has 1 atom stereocenters. The normalized spacial score (nSPS) is 11.8. The van der Waals surface area contributed by atoms with Crippen LogP contribution in [0.25, 0.3) is 0 Å². The number of guanidine groups is 1. The van der Waals surface area contributed by atoms with Crippen molar-refractivity contribution in [2.75, 3.05) is 6.54 Å². The lowest BCUT2D eigenvalue weighted by Crippen LogP contribution is -2.34. The number of furan rings is 1. The molecule has 0 aromatic carbocycles. The summed E-state index contributed by atoms with van der Waals surface area (Å²) in [6.07, 6.45) is 2.45. The second-order valence-electron chi connectivity index (χ2n) is 3.41. The van der Waals surface area contributed by atoms with Crippen molar-refractivity contribution in [3.8, 4) is 5.95 Å². The maximum absolute atomic E-state index is 11.4. The lowest BCUT2D eigenvalue weighted by molar-refractivity contribution is -0.137. The summed E-state index contributed by atoms with van der Waals surface area (Å²) >= 11 is 0. The second kappa shape index (κ2) is 6.54. The zero-order valence-corrected chi connectivity index (χ0v) is 9.33. The fraction of sp³-hybridized carbons (Fsp3) is 0.400. The SMILES string of the molecule is NC(N)=NCCC[C@H](N)C(=O)Oc1ccco1. The van der Waals surface area contributed by atoms with Crippen molar-refractivity contribution >= 4 is 11.9 Å². The maximum atomic E-state index is 11.4. The van der Waals surface area contributed by atoms with E-state index in [1.165, 1.54) is 12.3 Å². The molecule has 1 aromatic heterocycles. The highest BCUT2D eigenvalue weighted by atomic mass is 16.6. The van der Waals surface area contributed by atoms with Crippen molar-refractivity contribution in [2.24, 2.45) is 22.2 Å². The van der Waals surface area contributed by atoms with Crippen LogP contribution in [0.1, 0.15) is 12.8 Å². The van der Waals surface area contributed by atoms with Crippen molar-refractivity contribution in [3.63, 3.8) is 0 Å². The Labute approximate surface area is 98.6 Å². The predicted octanol–water partition coefficient (Wildman–Crippen LogP) is -0.434. The molecule has 7 heteroatoms. The highest BCUT2D eigenvalue weighted by molar-refractivity contribution is 5.77. The molecule has 0 amide bonds. The van der Waals surface area contributed by atoms with Gasteiger partial charge >= 0.3 is 5.97 Å². The fourth-order valence-corrected chi connectivity index (χ4v) is 1.13. The molecule has 1 heterocycles. The summed E-state index contributed by atoms with van der Waals surface area (Å²) in [4.78, 5) is 15.2. The Hall–Kier alpha value is -2.02. The minimum atomic E-state index is -0.714.